The summed E-state index contributed by atoms with van der Waals surface area (Å²) in [6.07, 6.45) is -2.16. The van der Waals surface area contributed by atoms with Gasteiger partial charge in [0, 0.05) is 41.7 Å². The standard InChI is InChI=1S/C23H27F4N7O2S/c1-14-8-15(9-28-2)4-5-20(14)34-12-16(10-30-34)21-17(23(25,26)27)11-29-22(32-21)31-19-6-7-33(13-18(19)24)37(3,35)36/h4-5,8,10-12,18-19,28H,6-7,9,13H2,1-3H3,(H,29,31,32)/t18-,19+/m1/s1/i2D3. The molecule has 0 bridgehead atoms. The number of rotatable bonds is 7. The van der Waals surface area contributed by atoms with Crippen LogP contribution in [0.2, 0.25) is 0 Å². The predicted octanol–water partition coefficient (Wildman–Crippen LogP) is 3.16. The van der Waals surface area contributed by atoms with E-state index in [1.165, 1.54) is 17.1 Å². The predicted molar refractivity (Wildman–Crippen MR) is 130 cm³/mol. The number of sulfonamides is 1. The van der Waals surface area contributed by atoms with Crippen molar-refractivity contribution in [1.29, 1.82) is 0 Å². The van der Waals surface area contributed by atoms with E-state index in [4.69, 9.17) is 4.11 Å². The van der Waals surface area contributed by atoms with E-state index in [1.807, 2.05) is 0 Å². The van der Waals surface area contributed by atoms with E-state index in [-0.39, 0.29) is 37.6 Å². The summed E-state index contributed by atoms with van der Waals surface area (Å²) in [6, 6.07) is 4.20. The van der Waals surface area contributed by atoms with Crippen LogP contribution in [-0.2, 0) is 22.7 Å². The highest BCUT2D eigenvalue weighted by Gasteiger charge is 2.37. The Labute approximate surface area is 216 Å². The molecule has 0 radical (unpaired) electrons. The number of nitrogens with zero attached hydrogens (tertiary/aromatic N) is 5. The van der Waals surface area contributed by atoms with Crippen LogP contribution in [0.3, 0.4) is 0 Å². The average Bonchev–Trinajstić information content (AvgIpc) is 3.32. The molecule has 1 aromatic carbocycles. The maximum absolute atomic E-state index is 14.7. The normalized spacial score (nSPS) is 20.8. The Kier molecular flexibility index (Phi) is 6.44. The highest BCUT2D eigenvalue weighted by Crippen LogP contribution is 2.36. The highest BCUT2D eigenvalue weighted by molar-refractivity contribution is 7.88. The number of aryl methyl sites for hydroxylation is 1. The van der Waals surface area contributed by atoms with Gasteiger partial charge in [0.25, 0.3) is 0 Å². The number of hydrogen-bond acceptors (Lipinski definition) is 7. The fourth-order valence-electron chi connectivity index (χ4n) is 4.15. The second-order valence-corrected chi connectivity index (χ2v) is 10.8. The SMILES string of the molecule is [2H]C([2H])([2H])NCc1ccc(-n2cc(-c3nc(N[C@H]4CCN(S(C)(=O)=O)C[C@H]4F)ncc3C(F)(F)F)cn2)c(C)c1. The van der Waals surface area contributed by atoms with E-state index in [2.05, 4.69) is 25.7 Å². The lowest BCUT2D eigenvalue weighted by atomic mass is 10.1. The molecule has 1 aliphatic heterocycles. The zero-order valence-corrected chi connectivity index (χ0v) is 20.7. The first-order chi connectivity index (χ1) is 18.5. The number of nitrogens with one attached hydrogen (secondary N) is 2. The maximum Gasteiger partial charge on any atom is 0.419 e. The van der Waals surface area contributed by atoms with Gasteiger partial charge in [-0.25, -0.2) is 27.5 Å². The second kappa shape index (κ2) is 10.3. The monoisotopic (exact) mass is 544 g/mol. The van der Waals surface area contributed by atoms with Gasteiger partial charge in [-0.2, -0.15) is 22.6 Å². The lowest BCUT2D eigenvalue weighted by Gasteiger charge is -2.33. The molecule has 3 aromatic rings. The van der Waals surface area contributed by atoms with Crippen LogP contribution in [0.25, 0.3) is 16.9 Å². The van der Waals surface area contributed by atoms with E-state index < -0.39 is 46.6 Å². The summed E-state index contributed by atoms with van der Waals surface area (Å²) in [7, 11) is -3.58. The fraction of sp³-hybridized carbons (Fsp3) is 0.435. The summed E-state index contributed by atoms with van der Waals surface area (Å²) in [5.74, 6) is -0.238. The third-order valence-corrected chi connectivity index (χ3v) is 7.31. The zero-order valence-electron chi connectivity index (χ0n) is 22.9. The molecule has 4 rings (SSSR count). The van der Waals surface area contributed by atoms with Gasteiger partial charge in [-0.15, -0.1) is 0 Å². The van der Waals surface area contributed by atoms with Crippen molar-refractivity contribution in [3.8, 4) is 16.9 Å². The van der Waals surface area contributed by atoms with Gasteiger partial charge in [0.15, 0.2) is 0 Å². The molecule has 200 valence electrons. The molecule has 0 unspecified atom stereocenters. The Morgan fingerprint density at radius 1 is 1.27 bits per heavy atom. The molecule has 0 amide bonds. The molecule has 9 nitrogen and oxygen atoms in total. The molecule has 2 aromatic heterocycles. The molecule has 37 heavy (non-hydrogen) atoms. The zero-order chi connectivity index (χ0) is 29.5. The summed E-state index contributed by atoms with van der Waals surface area (Å²) >= 11 is 0. The van der Waals surface area contributed by atoms with E-state index in [9.17, 15) is 26.0 Å². The first kappa shape index (κ1) is 23.0. The van der Waals surface area contributed by atoms with Crippen molar-refractivity contribution in [2.45, 2.75) is 38.3 Å². The van der Waals surface area contributed by atoms with Crippen LogP contribution in [0.1, 0.15) is 27.2 Å². The van der Waals surface area contributed by atoms with Crippen molar-refractivity contribution < 1.29 is 30.1 Å². The molecule has 1 aliphatic rings. The van der Waals surface area contributed by atoms with Gasteiger partial charge in [0.1, 0.15) is 11.7 Å². The van der Waals surface area contributed by atoms with E-state index in [0.29, 0.717) is 23.0 Å². The molecule has 1 fully saturated rings. The van der Waals surface area contributed by atoms with Crippen molar-refractivity contribution >= 4 is 16.0 Å². The van der Waals surface area contributed by atoms with Crippen LogP contribution < -0.4 is 10.6 Å². The van der Waals surface area contributed by atoms with E-state index in [1.54, 1.807) is 25.1 Å². The van der Waals surface area contributed by atoms with E-state index >= 15 is 0 Å². The van der Waals surface area contributed by atoms with Gasteiger partial charge >= 0.3 is 6.18 Å². The number of alkyl halides is 4. The number of piperidine rings is 1. The minimum atomic E-state index is -4.78. The Hall–Kier alpha value is -3.10. The fourth-order valence-corrected chi connectivity index (χ4v) is 5.00. The summed E-state index contributed by atoms with van der Waals surface area (Å²) in [5, 5.41) is 9.31. The van der Waals surface area contributed by atoms with Crippen LogP contribution in [0.4, 0.5) is 23.5 Å². The van der Waals surface area contributed by atoms with Crippen molar-refractivity contribution in [1.82, 2.24) is 29.4 Å². The maximum atomic E-state index is 14.7. The molecule has 0 aliphatic carbocycles. The minimum Gasteiger partial charge on any atom is -0.348 e. The van der Waals surface area contributed by atoms with Gasteiger partial charge < -0.3 is 10.6 Å². The second-order valence-electron chi connectivity index (χ2n) is 8.78. The Morgan fingerprint density at radius 2 is 2.05 bits per heavy atom. The van der Waals surface area contributed by atoms with E-state index in [0.717, 1.165) is 10.6 Å². The highest BCUT2D eigenvalue weighted by atomic mass is 32.2. The largest absolute Gasteiger partial charge is 0.419 e. The van der Waals surface area contributed by atoms with Crippen LogP contribution in [0.5, 0.6) is 0 Å². The Bertz CT molecular complexity index is 1480. The van der Waals surface area contributed by atoms with Gasteiger partial charge in [-0.05, 0) is 37.5 Å². The van der Waals surface area contributed by atoms with Crippen molar-refractivity contribution in [3.63, 3.8) is 0 Å². The van der Waals surface area contributed by atoms with Gasteiger partial charge in [0.05, 0.1) is 29.9 Å². The summed E-state index contributed by atoms with van der Waals surface area (Å²) in [4.78, 5) is 7.78. The van der Waals surface area contributed by atoms with Gasteiger partial charge in [0.2, 0.25) is 16.0 Å². The molecule has 14 heteroatoms. The van der Waals surface area contributed by atoms with Gasteiger partial charge in [-0.3, -0.25) is 0 Å². The molecule has 0 saturated carbocycles. The Morgan fingerprint density at radius 3 is 2.70 bits per heavy atom. The lowest BCUT2D eigenvalue weighted by molar-refractivity contribution is -0.137. The van der Waals surface area contributed by atoms with Gasteiger partial charge in [-0.1, -0.05) is 12.1 Å². The topological polar surface area (TPSA) is 105 Å². The minimum absolute atomic E-state index is 0.0361. The third kappa shape index (κ3) is 6.08. The Balaban J connectivity index is 1.59. The average molecular weight is 545 g/mol. The first-order valence-electron chi connectivity index (χ1n) is 12.7. The lowest BCUT2D eigenvalue weighted by Crippen LogP contribution is -2.49. The van der Waals surface area contributed by atoms with Crippen molar-refractivity contribution in [3.05, 3.63) is 53.5 Å². The molecule has 0 spiro atoms. The third-order valence-electron chi connectivity index (χ3n) is 6.04. The smallest absolute Gasteiger partial charge is 0.348 e. The molecular weight excluding hydrogens is 514 g/mol. The van der Waals surface area contributed by atoms with Crippen LogP contribution in [0.15, 0.2) is 36.8 Å². The van der Waals surface area contributed by atoms with Crippen molar-refractivity contribution in [2.24, 2.45) is 0 Å². The van der Waals surface area contributed by atoms with Crippen LogP contribution in [0, 0.1) is 6.92 Å². The number of aromatic nitrogens is 4. The summed E-state index contributed by atoms with van der Waals surface area (Å²) < 4.78 is 104. The molecule has 3 heterocycles. The van der Waals surface area contributed by atoms with Crippen LogP contribution in [-0.4, -0.2) is 71.0 Å². The number of hydrogen-bond donors (Lipinski definition) is 2. The molecular formula is C23H27F4N7O2S. The first-order valence-corrected chi connectivity index (χ1v) is 13.1. The number of benzene rings is 1. The summed E-state index contributed by atoms with van der Waals surface area (Å²) in [5.41, 5.74) is 0.427. The summed E-state index contributed by atoms with van der Waals surface area (Å²) in [6.45, 7) is -0.793. The quantitative estimate of drug-likeness (QED) is 0.441. The number of anilines is 1. The van der Waals surface area contributed by atoms with Crippen LogP contribution >= 0.6 is 0 Å². The number of halogens is 4. The molecule has 2 N–H and O–H groups in total. The molecule has 2 atom stereocenters. The molecule has 1 saturated heterocycles. The van der Waals surface area contributed by atoms with Crippen molar-refractivity contribution in [2.75, 3.05) is 31.6 Å².